The molecule has 0 aromatic carbocycles. The van der Waals surface area contributed by atoms with E-state index in [2.05, 4.69) is 15.3 Å². The molecule has 1 fully saturated rings. The smallest absolute Gasteiger partial charge is 0.254 e. The van der Waals surface area contributed by atoms with E-state index in [1.807, 2.05) is 4.90 Å². The standard InChI is InChI=1S/C15H15ClN4O/c16-12-3-4-13(18-10-12)19-14-9-11(5-6-17-14)15(21)20-7-1-2-8-20/h3-6,9-10H,1-2,7-8H2,(H,17,18,19). The molecule has 1 aliphatic rings. The van der Waals surface area contributed by atoms with Gasteiger partial charge in [-0.25, -0.2) is 9.97 Å². The Hall–Kier alpha value is -2.14. The third-order valence-electron chi connectivity index (χ3n) is 3.38. The van der Waals surface area contributed by atoms with Crippen molar-refractivity contribution in [2.75, 3.05) is 18.4 Å². The van der Waals surface area contributed by atoms with Crippen LogP contribution < -0.4 is 5.32 Å². The van der Waals surface area contributed by atoms with Gasteiger partial charge in [0.25, 0.3) is 5.91 Å². The van der Waals surface area contributed by atoms with Gasteiger partial charge in [0.1, 0.15) is 11.6 Å². The van der Waals surface area contributed by atoms with Crippen LogP contribution in [0, 0.1) is 0 Å². The van der Waals surface area contributed by atoms with Gasteiger partial charge in [-0.15, -0.1) is 0 Å². The number of amides is 1. The van der Waals surface area contributed by atoms with Crippen LogP contribution in [0.1, 0.15) is 23.2 Å². The molecule has 1 amide bonds. The van der Waals surface area contributed by atoms with E-state index in [1.165, 1.54) is 0 Å². The number of carbonyl (C=O) groups excluding carboxylic acids is 1. The molecule has 3 rings (SSSR count). The van der Waals surface area contributed by atoms with Crippen LogP contribution in [0.2, 0.25) is 5.02 Å². The quantitative estimate of drug-likeness (QED) is 0.946. The Kier molecular flexibility index (Phi) is 4.01. The summed E-state index contributed by atoms with van der Waals surface area (Å²) in [5.74, 6) is 1.29. The SMILES string of the molecule is O=C(c1ccnc(Nc2ccc(Cl)cn2)c1)N1CCCC1. The summed E-state index contributed by atoms with van der Waals surface area (Å²) in [4.78, 5) is 22.6. The number of hydrogen-bond acceptors (Lipinski definition) is 4. The lowest BCUT2D eigenvalue weighted by atomic mass is 10.2. The Morgan fingerprint density at radius 2 is 1.95 bits per heavy atom. The Labute approximate surface area is 128 Å². The summed E-state index contributed by atoms with van der Waals surface area (Å²) in [5.41, 5.74) is 0.642. The Morgan fingerprint density at radius 1 is 1.14 bits per heavy atom. The maximum Gasteiger partial charge on any atom is 0.254 e. The molecule has 0 spiro atoms. The van der Waals surface area contributed by atoms with Gasteiger partial charge >= 0.3 is 0 Å². The van der Waals surface area contributed by atoms with Gasteiger partial charge in [0.05, 0.1) is 5.02 Å². The van der Waals surface area contributed by atoms with Gasteiger partial charge in [0.2, 0.25) is 0 Å². The van der Waals surface area contributed by atoms with Crippen molar-refractivity contribution >= 4 is 29.1 Å². The number of rotatable bonds is 3. The molecule has 0 radical (unpaired) electrons. The number of halogens is 1. The van der Waals surface area contributed by atoms with Crippen LogP contribution in [-0.4, -0.2) is 33.9 Å². The molecule has 0 atom stereocenters. The molecule has 1 aliphatic heterocycles. The molecule has 1 N–H and O–H groups in total. The number of nitrogens with zero attached hydrogens (tertiary/aromatic N) is 3. The Morgan fingerprint density at radius 3 is 2.67 bits per heavy atom. The van der Waals surface area contributed by atoms with Gasteiger partial charge < -0.3 is 10.2 Å². The molecular weight excluding hydrogens is 288 g/mol. The zero-order valence-electron chi connectivity index (χ0n) is 11.4. The highest BCUT2D eigenvalue weighted by molar-refractivity contribution is 6.30. The summed E-state index contributed by atoms with van der Waals surface area (Å²) in [7, 11) is 0. The molecule has 0 saturated carbocycles. The lowest BCUT2D eigenvalue weighted by Gasteiger charge is -2.15. The average molecular weight is 303 g/mol. The first-order valence-electron chi connectivity index (χ1n) is 6.86. The maximum atomic E-state index is 12.3. The molecule has 5 nitrogen and oxygen atoms in total. The van der Waals surface area contributed by atoms with E-state index in [9.17, 15) is 4.79 Å². The van der Waals surface area contributed by atoms with Gasteiger partial charge in [0.15, 0.2) is 0 Å². The van der Waals surface area contributed by atoms with Gasteiger partial charge in [-0.05, 0) is 37.1 Å². The summed E-state index contributed by atoms with van der Waals surface area (Å²) >= 11 is 5.80. The number of anilines is 2. The molecule has 3 heterocycles. The van der Waals surface area contributed by atoms with E-state index in [4.69, 9.17) is 11.6 Å². The molecule has 6 heteroatoms. The van der Waals surface area contributed by atoms with Crippen LogP contribution in [-0.2, 0) is 0 Å². The topological polar surface area (TPSA) is 58.1 Å². The Balaban J connectivity index is 1.76. The van der Waals surface area contributed by atoms with Crippen molar-refractivity contribution in [1.29, 1.82) is 0 Å². The number of pyridine rings is 2. The van der Waals surface area contributed by atoms with Crippen molar-refractivity contribution in [3.05, 3.63) is 47.2 Å². The van der Waals surface area contributed by atoms with Gasteiger partial charge in [0, 0.05) is 31.0 Å². The van der Waals surface area contributed by atoms with Gasteiger partial charge in [-0.3, -0.25) is 4.79 Å². The molecule has 2 aromatic rings. The van der Waals surface area contributed by atoms with Crippen LogP contribution in [0.4, 0.5) is 11.6 Å². The minimum absolute atomic E-state index is 0.0574. The largest absolute Gasteiger partial charge is 0.339 e. The van der Waals surface area contributed by atoms with Crippen LogP contribution >= 0.6 is 11.6 Å². The van der Waals surface area contributed by atoms with Crippen LogP contribution in [0.3, 0.4) is 0 Å². The first-order valence-corrected chi connectivity index (χ1v) is 7.24. The van der Waals surface area contributed by atoms with Crippen molar-refractivity contribution in [2.45, 2.75) is 12.8 Å². The number of hydrogen-bond donors (Lipinski definition) is 1. The second-order valence-electron chi connectivity index (χ2n) is 4.92. The molecule has 0 bridgehead atoms. The van der Waals surface area contributed by atoms with Gasteiger partial charge in [-0.2, -0.15) is 0 Å². The van der Waals surface area contributed by atoms with Crippen LogP contribution in [0.25, 0.3) is 0 Å². The third kappa shape index (κ3) is 3.31. The summed E-state index contributed by atoms with van der Waals surface area (Å²) < 4.78 is 0. The second-order valence-corrected chi connectivity index (χ2v) is 5.35. The predicted octanol–water partition coefficient (Wildman–Crippen LogP) is 3.11. The number of nitrogens with one attached hydrogen (secondary N) is 1. The maximum absolute atomic E-state index is 12.3. The first-order chi connectivity index (χ1) is 10.2. The minimum atomic E-state index is 0.0574. The molecule has 2 aromatic heterocycles. The summed E-state index contributed by atoms with van der Waals surface area (Å²) in [6, 6.07) is 6.99. The van der Waals surface area contributed by atoms with Crippen LogP contribution in [0.15, 0.2) is 36.7 Å². The van der Waals surface area contributed by atoms with Crippen molar-refractivity contribution < 1.29 is 4.79 Å². The second kappa shape index (κ2) is 6.10. The number of carbonyl (C=O) groups is 1. The highest BCUT2D eigenvalue weighted by Gasteiger charge is 2.19. The lowest BCUT2D eigenvalue weighted by Crippen LogP contribution is -2.27. The molecule has 21 heavy (non-hydrogen) atoms. The molecule has 108 valence electrons. The average Bonchev–Trinajstić information content (AvgIpc) is 3.03. The third-order valence-corrected chi connectivity index (χ3v) is 3.61. The molecule has 0 aliphatic carbocycles. The van der Waals surface area contributed by atoms with E-state index in [-0.39, 0.29) is 5.91 Å². The fraction of sp³-hybridized carbons (Fsp3) is 0.267. The Bertz CT molecular complexity index is 638. The highest BCUT2D eigenvalue weighted by Crippen LogP contribution is 2.18. The van der Waals surface area contributed by atoms with Crippen molar-refractivity contribution in [1.82, 2.24) is 14.9 Å². The predicted molar refractivity (Wildman–Crippen MR) is 81.9 cm³/mol. The minimum Gasteiger partial charge on any atom is -0.339 e. The number of aromatic nitrogens is 2. The fourth-order valence-electron chi connectivity index (χ4n) is 2.32. The van der Waals surface area contributed by atoms with E-state index in [1.54, 1.807) is 36.7 Å². The fourth-order valence-corrected chi connectivity index (χ4v) is 2.43. The highest BCUT2D eigenvalue weighted by atomic mass is 35.5. The van der Waals surface area contributed by atoms with Crippen molar-refractivity contribution in [3.8, 4) is 0 Å². The van der Waals surface area contributed by atoms with E-state index >= 15 is 0 Å². The van der Waals surface area contributed by atoms with Crippen LogP contribution in [0.5, 0.6) is 0 Å². The number of likely N-dealkylation sites (tertiary alicyclic amines) is 1. The van der Waals surface area contributed by atoms with Crippen molar-refractivity contribution in [2.24, 2.45) is 0 Å². The summed E-state index contributed by atoms with van der Waals surface area (Å²) in [5, 5.41) is 3.64. The zero-order chi connectivity index (χ0) is 14.7. The van der Waals surface area contributed by atoms with E-state index in [0.29, 0.717) is 22.2 Å². The summed E-state index contributed by atoms with van der Waals surface area (Å²) in [6.45, 7) is 1.67. The summed E-state index contributed by atoms with van der Waals surface area (Å²) in [6.07, 6.45) is 5.35. The molecular formula is C15H15ClN4O. The zero-order valence-corrected chi connectivity index (χ0v) is 12.2. The lowest BCUT2D eigenvalue weighted by molar-refractivity contribution is 0.0793. The molecule has 0 unspecified atom stereocenters. The van der Waals surface area contributed by atoms with Gasteiger partial charge in [-0.1, -0.05) is 11.6 Å². The van der Waals surface area contributed by atoms with Crippen molar-refractivity contribution in [3.63, 3.8) is 0 Å². The van der Waals surface area contributed by atoms with E-state index in [0.717, 1.165) is 25.9 Å². The first kappa shape index (κ1) is 13.8. The molecule has 1 saturated heterocycles. The monoisotopic (exact) mass is 302 g/mol. The van der Waals surface area contributed by atoms with E-state index < -0.39 is 0 Å². The normalized spacial score (nSPS) is 14.2.